The molecule has 0 heterocycles. The van der Waals surface area contributed by atoms with E-state index in [0.717, 1.165) is 83.5 Å². The number of aliphatic hydroxyl groups excluding tert-OH is 5. The van der Waals surface area contributed by atoms with E-state index in [2.05, 4.69) is 50.3 Å². The molecule has 13 nitrogen and oxygen atoms in total. The Kier molecular flexibility index (Phi) is 30.7. The number of carbonyl (C=O) groups is 2. The summed E-state index contributed by atoms with van der Waals surface area (Å²) in [7, 11) is -5.12. The molecule has 0 radical (unpaired) electrons. The minimum absolute atomic E-state index is 0.0832. The Bertz CT molecular complexity index is 1130. The van der Waals surface area contributed by atoms with Crippen LogP contribution in [0.25, 0.3) is 0 Å². The first kappa shape index (κ1) is 52.1. The maximum absolute atomic E-state index is 12.8. The monoisotopic (exact) mass is 818 g/mol. The number of unbranched alkanes of at least 4 members (excludes halogenated alkanes) is 16. The van der Waals surface area contributed by atoms with Gasteiger partial charge in [-0.3, -0.25) is 18.6 Å². The molecule has 0 saturated heterocycles. The van der Waals surface area contributed by atoms with Crippen molar-refractivity contribution in [1.82, 2.24) is 0 Å². The van der Waals surface area contributed by atoms with Crippen LogP contribution in [0, 0.1) is 0 Å². The van der Waals surface area contributed by atoms with E-state index in [-0.39, 0.29) is 12.8 Å². The van der Waals surface area contributed by atoms with Gasteiger partial charge in [-0.15, -0.1) is 0 Å². The van der Waals surface area contributed by atoms with Crippen LogP contribution < -0.4 is 0 Å². The summed E-state index contributed by atoms with van der Waals surface area (Å²) in [6.45, 7) is 3.20. The number of hydrogen-bond acceptors (Lipinski definition) is 12. The molecule has 1 fully saturated rings. The molecule has 1 aliphatic carbocycles. The standard InChI is InChI=1S/C42H75O13P/c1-3-5-7-9-11-13-15-17-19-20-22-24-26-28-30-35(43)52-32-34(33-53-56(50,51)55-42-40(48)38(46)37(45)39(47)41(42)49)54-36(44)31-29-27-25-23-21-18-16-14-12-10-8-6-4-2/h9,11,14-17,34,37-42,45-49H,3-8,10,12-13,18-33H2,1-2H3,(H,50,51)/b11-9-,16-14-,17-15-/t34-,37?,38-,39?,40?,41?,42?/m1/s1. The van der Waals surface area contributed by atoms with Crippen molar-refractivity contribution < 1.29 is 63.1 Å². The number of ether oxygens (including phenoxy) is 2. The summed E-state index contributed by atoms with van der Waals surface area (Å²) in [5.41, 5.74) is 0. The number of carbonyl (C=O) groups excluding carboxylic acids is 2. The van der Waals surface area contributed by atoms with Gasteiger partial charge in [0.2, 0.25) is 0 Å². The van der Waals surface area contributed by atoms with Gasteiger partial charge in [0, 0.05) is 12.8 Å². The quantitative estimate of drug-likeness (QED) is 0.0162. The van der Waals surface area contributed by atoms with Gasteiger partial charge in [0.05, 0.1) is 6.61 Å². The summed E-state index contributed by atoms with van der Waals surface area (Å²) in [5.74, 6) is -1.13. The molecule has 8 atom stereocenters. The number of allylic oxidation sites excluding steroid dienone is 6. The van der Waals surface area contributed by atoms with Gasteiger partial charge in [-0.05, 0) is 64.2 Å². The highest BCUT2D eigenvalue weighted by Gasteiger charge is 2.51. The van der Waals surface area contributed by atoms with E-state index in [1.807, 2.05) is 0 Å². The molecule has 6 unspecified atom stereocenters. The molecule has 1 rings (SSSR count). The molecule has 0 bridgehead atoms. The summed E-state index contributed by atoms with van der Waals surface area (Å²) in [4.78, 5) is 35.6. The summed E-state index contributed by atoms with van der Waals surface area (Å²) in [5, 5.41) is 50.0. The van der Waals surface area contributed by atoms with E-state index < -0.39 is 75.7 Å². The van der Waals surface area contributed by atoms with E-state index in [1.54, 1.807) is 0 Å². The van der Waals surface area contributed by atoms with Gasteiger partial charge in [0.1, 0.15) is 43.2 Å². The molecule has 14 heteroatoms. The lowest BCUT2D eigenvalue weighted by Crippen LogP contribution is -2.64. The number of phosphoric acid groups is 1. The van der Waals surface area contributed by atoms with Gasteiger partial charge in [0.15, 0.2) is 6.10 Å². The van der Waals surface area contributed by atoms with Crippen LogP contribution in [0.3, 0.4) is 0 Å². The first-order chi connectivity index (χ1) is 26.9. The van der Waals surface area contributed by atoms with Gasteiger partial charge in [-0.25, -0.2) is 4.57 Å². The van der Waals surface area contributed by atoms with Crippen LogP contribution in [0.4, 0.5) is 0 Å². The summed E-state index contributed by atoms with van der Waals surface area (Å²) in [6.07, 6.45) is 22.1. The molecule has 0 aromatic rings. The van der Waals surface area contributed by atoms with Crippen LogP contribution >= 0.6 is 7.82 Å². The van der Waals surface area contributed by atoms with Crippen molar-refractivity contribution in [2.24, 2.45) is 0 Å². The van der Waals surface area contributed by atoms with Crippen LogP contribution in [0.15, 0.2) is 36.5 Å². The minimum Gasteiger partial charge on any atom is -0.462 e. The summed E-state index contributed by atoms with van der Waals surface area (Å²) in [6, 6.07) is 0. The molecular weight excluding hydrogens is 743 g/mol. The molecule has 1 saturated carbocycles. The summed E-state index contributed by atoms with van der Waals surface area (Å²) >= 11 is 0. The van der Waals surface area contributed by atoms with Crippen LogP contribution in [0.1, 0.15) is 162 Å². The lowest BCUT2D eigenvalue weighted by atomic mass is 9.85. The fourth-order valence-electron chi connectivity index (χ4n) is 6.18. The second kappa shape index (κ2) is 33.0. The number of aliphatic hydroxyl groups is 5. The molecule has 56 heavy (non-hydrogen) atoms. The zero-order valence-electron chi connectivity index (χ0n) is 34.2. The Morgan fingerprint density at radius 1 is 0.554 bits per heavy atom. The predicted molar refractivity (Wildman–Crippen MR) is 216 cm³/mol. The first-order valence-electron chi connectivity index (χ1n) is 21.3. The fourth-order valence-corrected chi connectivity index (χ4v) is 7.15. The molecule has 0 amide bonds. The number of rotatable bonds is 34. The average molecular weight is 819 g/mol. The Hall–Kier alpha value is -1.93. The third-order valence-electron chi connectivity index (χ3n) is 9.70. The maximum atomic E-state index is 12.8. The normalized spacial score (nSPS) is 23.2. The Balaban J connectivity index is 2.52. The topological polar surface area (TPSA) is 210 Å². The Morgan fingerprint density at radius 2 is 0.982 bits per heavy atom. The predicted octanol–water partition coefficient (Wildman–Crippen LogP) is 7.44. The molecule has 326 valence electrons. The average Bonchev–Trinajstić information content (AvgIpc) is 3.18. The third kappa shape index (κ3) is 25.4. The van der Waals surface area contributed by atoms with E-state index in [0.29, 0.717) is 12.8 Å². The van der Waals surface area contributed by atoms with Gasteiger partial charge in [-0.2, -0.15) is 0 Å². The first-order valence-corrected chi connectivity index (χ1v) is 22.8. The van der Waals surface area contributed by atoms with E-state index in [1.165, 1.54) is 38.5 Å². The molecule has 0 aromatic carbocycles. The van der Waals surface area contributed by atoms with Crippen LogP contribution in [0.5, 0.6) is 0 Å². The second-order valence-electron chi connectivity index (χ2n) is 14.8. The minimum atomic E-state index is -5.12. The molecule has 6 N–H and O–H groups in total. The second-order valence-corrected chi connectivity index (χ2v) is 16.2. The van der Waals surface area contributed by atoms with E-state index >= 15 is 0 Å². The lowest BCUT2D eigenvalue weighted by molar-refractivity contribution is -0.220. The van der Waals surface area contributed by atoms with Crippen molar-refractivity contribution in [2.75, 3.05) is 13.2 Å². The highest BCUT2D eigenvalue weighted by molar-refractivity contribution is 7.47. The maximum Gasteiger partial charge on any atom is 0.472 e. The molecule has 1 aliphatic rings. The van der Waals surface area contributed by atoms with Gasteiger partial charge >= 0.3 is 19.8 Å². The van der Waals surface area contributed by atoms with Crippen molar-refractivity contribution in [1.29, 1.82) is 0 Å². The Labute approximate surface area is 336 Å². The van der Waals surface area contributed by atoms with Crippen molar-refractivity contribution >= 4 is 19.8 Å². The molecule has 0 aliphatic heterocycles. The van der Waals surface area contributed by atoms with Crippen LogP contribution in [-0.2, 0) is 32.7 Å². The van der Waals surface area contributed by atoms with Crippen molar-refractivity contribution in [2.45, 2.75) is 204 Å². The largest absolute Gasteiger partial charge is 0.472 e. The zero-order chi connectivity index (χ0) is 41.4. The number of phosphoric ester groups is 1. The van der Waals surface area contributed by atoms with E-state index in [9.17, 15) is 44.6 Å². The SMILES string of the molecule is CCCC/C=C\C/C=C\CCCCCCCC(=O)OC[C@H](COP(=O)(O)OC1C(O)C(O)C(O)[C@@H](O)C1O)OC(=O)CCCCCCC/C=C\CCCCCC. The number of hydrogen-bond donors (Lipinski definition) is 6. The highest BCUT2D eigenvalue weighted by Crippen LogP contribution is 2.47. The highest BCUT2D eigenvalue weighted by atomic mass is 31.2. The van der Waals surface area contributed by atoms with Gasteiger partial charge in [0.25, 0.3) is 0 Å². The van der Waals surface area contributed by atoms with Crippen molar-refractivity contribution in [3.63, 3.8) is 0 Å². The van der Waals surface area contributed by atoms with Crippen molar-refractivity contribution in [3.05, 3.63) is 36.5 Å². The van der Waals surface area contributed by atoms with Gasteiger partial charge < -0.3 is 39.9 Å². The van der Waals surface area contributed by atoms with E-state index in [4.69, 9.17) is 18.5 Å². The van der Waals surface area contributed by atoms with Crippen LogP contribution in [0.2, 0.25) is 0 Å². The molecular formula is C42H75O13P. The fraction of sp³-hybridized carbons (Fsp3) is 0.810. The smallest absolute Gasteiger partial charge is 0.462 e. The number of esters is 2. The molecule has 0 spiro atoms. The molecule has 0 aromatic heterocycles. The van der Waals surface area contributed by atoms with Crippen LogP contribution in [-0.4, -0.2) is 98.3 Å². The summed E-state index contributed by atoms with van der Waals surface area (Å²) < 4.78 is 33.4. The van der Waals surface area contributed by atoms with Gasteiger partial charge in [-0.1, -0.05) is 121 Å². The lowest BCUT2D eigenvalue weighted by Gasteiger charge is -2.41. The Morgan fingerprint density at radius 3 is 1.52 bits per heavy atom. The third-order valence-corrected chi connectivity index (χ3v) is 10.7. The zero-order valence-corrected chi connectivity index (χ0v) is 35.1. The van der Waals surface area contributed by atoms with Crippen molar-refractivity contribution in [3.8, 4) is 0 Å².